The van der Waals surface area contributed by atoms with Gasteiger partial charge in [0.2, 0.25) is 11.8 Å². The van der Waals surface area contributed by atoms with Crippen LogP contribution in [0.25, 0.3) is 5.69 Å². The van der Waals surface area contributed by atoms with Crippen molar-refractivity contribution in [1.82, 2.24) is 14.7 Å². The second-order valence-corrected chi connectivity index (χ2v) is 6.27. The largest absolute Gasteiger partial charge is 0.276 e. The molecule has 1 aliphatic heterocycles. The number of likely N-dealkylation sites (tertiary alicyclic amines) is 1. The smallest absolute Gasteiger partial charge is 0.233 e. The van der Waals surface area contributed by atoms with Gasteiger partial charge in [-0.1, -0.05) is 12.2 Å². The van der Waals surface area contributed by atoms with Gasteiger partial charge >= 0.3 is 0 Å². The van der Waals surface area contributed by atoms with Gasteiger partial charge in [-0.2, -0.15) is 5.10 Å². The minimum atomic E-state index is -0.736. The molecule has 5 nitrogen and oxygen atoms in total. The van der Waals surface area contributed by atoms with Gasteiger partial charge in [-0.15, -0.1) is 0 Å². The van der Waals surface area contributed by atoms with Gasteiger partial charge in [0, 0.05) is 12.3 Å². The lowest BCUT2D eigenvalue weighted by atomic mass is 9.85. The molecule has 1 aliphatic carbocycles. The minimum Gasteiger partial charge on any atom is -0.276 e. The molecule has 2 amide bonds. The van der Waals surface area contributed by atoms with Crippen LogP contribution in [0.3, 0.4) is 0 Å². The molecule has 2 heterocycles. The van der Waals surface area contributed by atoms with E-state index in [1.807, 2.05) is 12.2 Å². The first kappa shape index (κ1) is 15.7. The highest BCUT2D eigenvalue weighted by atomic mass is 19.1. The SMILES string of the molecule is O=C1[C@@H]2CC=CC[C@H]2C(=O)N1Cc1ccn(-c2ccc(F)cc2F)n1. The van der Waals surface area contributed by atoms with Crippen molar-refractivity contribution in [2.75, 3.05) is 0 Å². The van der Waals surface area contributed by atoms with Crippen LogP contribution in [-0.2, 0) is 16.1 Å². The van der Waals surface area contributed by atoms with Gasteiger partial charge in [0.1, 0.15) is 11.5 Å². The zero-order valence-electron chi connectivity index (χ0n) is 13.2. The van der Waals surface area contributed by atoms with E-state index in [0.717, 1.165) is 12.1 Å². The summed E-state index contributed by atoms with van der Waals surface area (Å²) in [7, 11) is 0. The highest BCUT2D eigenvalue weighted by molar-refractivity contribution is 6.05. The van der Waals surface area contributed by atoms with Crippen LogP contribution in [0.1, 0.15) is 18.5 Å². The number of carbonyl (C=O) groups is 2. The summed E-state index contributed by atoms with van der Waals surface area (Å²) in [5.41, 5.74) is 0.571. The van der Waals surface area contributed by atoms with Crippen LogP contribution in [0, 0.1) is 23.5 Å². The van der Waals surface area contributed by atoms with Crippen LogP contribution in [0.15, 0.2) is 42.6 Å². The van der Waals surface area contributed by atoms with Crippen molar-refractivity contribution in [2.24, 2.45) is 11.8 Å². The van der Waals surface area contributed by atoms with Crippen LogP contribution >= 0.6 is 0 Å². The highest BCUT2D eigenvalue weighted by Gasteiger charge is 2.47. The summed E-state index contributed by atoms with van der Waals surface area (Å²) in [5, 5.41) is 4.21. The molecule has 128 valence electrons. The Hall–Kier alpha value is -2.83. The van der Waals surface area contributed by atoms with Gasteiger partial charge < -0.3 is 0 Å². The predicted octanol–water partition coefficient (Wildman–Crippen LogP) is 2.60. The number of hydrogen-bond donors (Lipinski definition) is 0. The van der Waals surface area contributed by atoms with Crippen molar-refractivity contribution in [3.8, 4) is 5.69 Å². The van der Waals surface area contributed by atoms with E-state index in [4.69, 9.17) is 0 Å². The van der Waals surface area contributed by atoms with Crippen molar-refractivity contribution in [3.05, 3.63) is 59.9 Å². The lowest BCUT2D eigenvalue weighted by Crippen LogP contribution is -2.30. The fourth-order valence-electron chi connectivity index (χ4n) is 3.43. The summed E-state index contributed by atoms with van der Waals surface area (Å²) in [4.78, 5) is 26.1. The summed E-state index contributed by atoms with van der Waals surface area (Å²) in [6, 6.07) is 4.82. The van der Waals surface area contributed by atoms with E-state index >= 15 is 0 Å². The van der Waals surface area contributed by atoms with Crippen molar-refractivity contribution < 1.29 is 18.4 Å². The average molecular weight is 343 g/mol. The molecular weight excluding hydrogens is 328 g/mol. The molecule has 1 aromatic heterocycles. The number of hydrogen-bond acceptors (Lipinski definition) is 3. The molecule has 0 unspecified atom stereocenters. The molecule has 0 spiro atoms. The van der Waals surface area contributed by atoms with Gasteiger partial charge in [-0.05, 0) is 31.0 Å². The maximum atomic E-state index is 13.8. The summed E-state index contributed by atoms with van der Waals surface area (Å²) in [6.07, 6.45) is 6.55. The fourth-order valence-corrected chi connectivity index (χ4v) is 3.43. The van der Waals surface area contributed by atoms with Gasteiger partial charge in [0.25, 0.3) is 0 Å². The first-order valence-corrected chi connectivity index (χ1v) is 8.05. The van der Waals surface area contributed by atoms with Gasteiger partial charge in [0.15, 0.2) is 5.82 Å². The standard InChI is InChI=1S/C18H15F2N3O2/c19-11-5-6-16(15(20)9-11)23-8-7-12(21-23)10-22-17(24)13-3-1-2-4-14(13)18(22)25/h1-2,5-9,13-14H,3-4,10H2/t13-,14-/m1/s1. The molecule has 1 aromatic carbocycles. The third kappa shape index (κ3) is 2.65. The van der Waals surface area contributed by atoms with E-state index < -0.39 is 11.6 Å². The van der Waals surface area contributed by atoms with Crippen molar-refractivity contribution >= 4 is 11.8 Å². The predicted molar refractivity (Wildman–Crippen MR) is 84.4 cm³/mol. The lowest BCUT2D eigenvalue weighted by molar-refractivity contribution is -0.140. The third-order valence-electron chi connectivity index (χ3n) is 4.72. The Morgan fingerprint density at radius 1 is 1.04 bits per heavy atom. The Kier molecular flexibility index (Phi) is 3.71. The molecule has 2 atom stereocenters. The number of benzene rings is 1. The van der Waals surface area contributed by atoms with Crippen LogP contribution in [-0.4, -0.2) is 26.5 Å². The summed E-state index contributed by atoms with van der Waals surface area (Å²) < 4.78 is 28.1. The van der Waals surface area contributed by atoms with Crippen LogP contribution < -0.4 is 0 Å². The maximum Gasteiger partial charge on any atom is 0.233 e. The van der Waals surface area contributed by atoms with Crippen molar-refractivity contribution in [2.45, 2.75) is 19.4 Å². The monoisotopic (exact) mass is 343 g/mol. The molecule has 4 rings (SSSR count). The third-order valence-corrected chi connectivity index (χ3v) is 4.72. The van der Waals surface area contributed by atoms with E-state index in [9.17, 15) is 18.4 Å². The van der Waals surface area contributed by atoms with Crippen molar-refractivity contribution in [1.29, 1.82) is 0 Å². The molecule has 25 heavy (non-hydrogen) atoms. The maximum absolute atomic E-state index is 13.8. The molecule has 0 bridgehead atoms. The number of imide groups is 1. The second-order valence-electron chi connectivity index (χ2n) is 6.27. The average Bonchev–Trinajstić information content (AvgIpc) is 3.15. The molecule has 2 aromatic rings. The lowest BCUT2D eigenvalue weighted by Gasteiger charge is -2.14. The van der Waals surface area contributed by atoms with E-state index in [1.54, 1.807) is 6.07 Å². The van der Waals surface area contributed by atoms with E-state index in [2.05, 4.69) is 5.10 Å². The Balaban J connectivity index is 1.55. The molecule has 1 fully saturated rings. The number of fused-ring (bicyclic) bond motifs is 1. The number of rotatable bonds is 3. The Morgan fingerprint density at radius 3 is 2.36 bits per heavy atom. The molecule has 0 radical (unpaired) electrons. The number of amides is 2. The number of carbonyl (C=O) groups excluding carboxylic acids is 2. The number of halogens is 2. The first-order valence-electron chi connectivity index (χ1n) is 8.05. The molecule has 1 saturated heterocycles. The fraction of sp³-hybridized carbons (Fsp3) is 0.278. The molecule has 7 heteroatoms. The quantitative estimate of drug-likeness (QED) is 0.636. The highest BCUT2D eigenvalue weighted by Crippen LogP contribution is 2.35. The summed E-state index contributed by atoms with van der Waals surface area (Å²) >= 11 is 0. The molecular formula is C18H15F2N3O2. The topological polar surface area (TPSA) is 55.2 Å². The Labute approximate surface area is 142 Å². The van der Waals surface area contributed by atoms with Crippen LogP contribution in [0.2, 0.25) is 0 Å². The first-order chi connectivity index (χ1) is 12.0. The number of aromatic nitrogens is 2. The Bertz CT molecular complexity index is 864. The van der Waals surface area contributed by atoms with Gasteiger partial charge in [0.05, 0.1) is 24.1 Å². The Morgan fingerprint density at radius 2 is 1.72 bits per heavy atom. The van der Waals surface area contributed by atoms with E-state index in [-0.39, 0.29) is 35.9 Å². The zero-order chi connectivity index (χ0) is 17.6. The minimum absolute atomic E-state index is 0.0560. The molecule has 0 saturated carbocycles. The second kappa shape index (κ2) is 5.91. The van der Waals surface area contributed by atoms with Crippen molar-refractivity contribution in [3.63, 3.8) is 0 Å². The van der Waals surface area contributed by atoms with Gasteiger partial charge in [-0.3, -0.25) is 14.5 Å². The van der Waals surface area contributed by atoms with E-state index in [0.29, 0.717) is 18.5 Å². The normalized spacial score (nSPS) is 22.6. The zero-order valence-corrected chi connectivity index (χ0v) is 13.2. The van der Waals surface area contributed by atoms with Crippen LogP contribution in [0.4, 0.5) is 8.78 Å². The van der Waals surface area contributed by atoms with E-state index in [1.165, 1.54) is 21.8 Å². The summed E-state index contributed by atoms with van der Waals surface area (Å²) in [5.74, 6) is -2.33. The summed E-state index contributed by atoms with van der Waals surface area (Å²) in [6.45, 7) is 0.0560. The molecule has 0 N–H and O–H groups in total. The van der Waals surface area contributed by atoms with Gasteiger partial charge in [-0.25, -0.2) is 13.5 Å². The molecule has 2 aliphatic rings. The van der Waals surface area contributed by atoms with Crippen LogP contribution in [0.5, 0.6) is 0 Å². The number of allylic oxidation sites excluding steroid dienone is 2. The number of nitrogens with zero attached hydrogens (tertiary/aromatic N) is 3.